The van der Waals surface area contributed by atoms with Gasteiger partial charge in [-0.2, -0.15) is 13.2 Å². The van der Waals surface area contributed by atoms with Gasteiger partial charge in [-0.05, 0) is 37.5 Å². The predicted octanol–water partition coefficient (Wildman–Crippen LogP) is 2.98. The first-order chi connectivity index (χ1) is 9.59. The standard InChI is InChI=1S/C14H17F4NO2/c1-8(3-9(2)20)7-19-13(21)10-4-11(14(16,17)18)6-12(15)5-10/h4-6,8-9,20H,3,7H2,1-2H3,(H,19,21). The van der Waals surface area contributed by atoms with Gasteiger partial charge < -0.3 is 10.4 Å². The molecule has 0 aliphatic rings. The Kier molecular flexibility index (Phi) is 5.71. The Morgan fingerprint density at radius 1 is 1.29 bits per heavy atom. The number of hydrogen-bond acceptors (Lipinski definition) is 2. The van der Waals surface area contributed by atoms with Crippen molar-refractivity contribution in [2.45, 2.75) is 32.5 Å². The molecule has 0 saturated heterocycles. The van der Waals surface area contributed by atoms with E-state index in [0.717, 1.165) is 6.07 Å². The molecule has 21 heavy (non-hydrogen) atoms. The van der Waals surface area contributed by atoms with Crippen LogP contribution in [-0.4, -0.2) is 23.7 Å². The van der Waals surface area contributed by atoms with Crippen LogP contribution >= 0.6 is 0 Å². The molecule has 118 valence electrons. The summed E-state index contributed by atoms with van der Waals surface area (Å²) in [5.41, 5.74) is -1.59. The highest BCUT2D eigenvalue weighted by atomic mass is 19.4. The average Bonchev–Trinajstić information content (AvgIpc) is 2.33. The third-order valence-electron chi connectivity index (χ3n) is 2.84. The molecule has 0 radical (unpaired) electrons. The largest absolute Gasteiger partial charge is 0.416 e. The van der Waals surface area contributed by atoms with Crippen molar-refractivity contribution in [3.05, 3.63) is 35.1 Å². The van der Waals surface area contributed by atoms with E-state index in [1.165, 1.54) is 0 Å². The summed E-state index contributed by atoms with van der Waals surface area (Å²) < 4.78 is 50.8. The quantitative estimate of drug-likeness (QED) is 0.822. The molecular weight excluding hydrogens is 290 g/mol. The highest BCUT2D eigenvalue weighted by molar-refractivity contribution is 5.94. The Hall–Kier alpha value is -1.63. The van der Waals surface area contributed by atoms with E-state index >= 15 is 0 Å². The SMILES string of the molecule is CC(O)CC(C)CNC(=O)c1cc(F)cc(C(F)(F)F)c1. The fraction of sp³-hybridized carbons (Fsp3) is 0.500. The van der Waals surface area contributed by atoms with Gasteiger partial charge in [-0.25, -0.2) is 4.39 Å². The molecule has 2 N–H and O–H groups in total. The van der Waals surface area contributed by atoms with Gasteiger partial charge in [0.15, 0.2) is 0 Å². The monoisotopic (exact) mass is 307 g/mol. The van der Waals surface area contributed by atoms with Crippen LogP contribution in [0.25, 0.3) is 0 Å². The average molecular weight is 307 g/mol. The lowest BCUT2D eigenvalue weighted by molar-refractivity contribution is -0.137. The number of amides is 1. The Balaban J connectivity index is 2.77. The van der Waals surface area contributed by atoms with Crippen molar-refractivity contribution in [1.29, 1.82) is 0 Å². The van der Waals surface area contributed by atoms with Crippen molar-refractivity contribution in [3.63, 3.8) is 0 Å². The Labute approximate surface area is 120 Å². The maximum absolute atomic E-state index is 13.2. The van der Waals surface area contributed by atoms with Gasteiger partial charge in [-0.3, -0.25) is 4.79 Å². The molecule has 2 atom stereocenters. The zero-order chi connectivity index (χ0) is 16.2. The Bertz CT molecular complexity index is 500. The summed E-state index contributed by atoms with van der Waals surface area (Å²) in [6, 6.07) is 1.70. The first-order valence-corrected chi connectivity index (χ1v) is 6.43. The van der Waals surface area contributed by atoms with Crippen LogP contribution < -0.4 is 5.32 Å². The van der Waals surface area contributed by atoms with E-state index in [2.05, 4.69) is 5.32 Å². The van der Waals surface area contributed by atoms with Crippen molar-refractivity contribution in [1.82, 2.24) is 5.32 Å². The van der Waals surface area contributed by atoms with Crippen LogP contribution in [0, 0.1) is 11.7 Å². The van der Waals surface area contributed by atoms with Gasteiger partial charge >= 0.3 is 6.18 Å². The van der Waals surface area contributed by atoms with E-state index in [9.17, 15) is 27.5 Å². The minimum Gasteiger partial charge on any atom is -0.393 e. The molecule has 1 aromatic rings. The number of carbonyl (C=O) groups is 1. The molecule has 7 heteroatoms. The van der Waals surface area contributed by atoms with Crippen LogP contribution in [0.1, 0.15) is 36.2 Å². The summed E-state index contributed by atoms with van der Waals surface area (Å²) in [5.74, 6) is -1.95. The first-order valence-electron chi connectivity index (χ1n) is 6.43. The van der Waals surface area contributed by atoms with Crippen LogP contribution in [0.15, 0.2) is 18.2 Å². The van der Waals surface area contributed by atoms with Crippen molar-refractivity contribution in [2.24, 2.45) is 5.92 Å². The molecule has 2 unspecified atom stereocenters. The number of alkyl halides is 3. The molecule has 0 spiro atoms. The Morgan fingerprint density at radius 3 is 2.43 bits per heavy atom. The molecular formula is C14H17F4NO2. The number of halogens is 4. The normalized spacial score (nSPS) is 14.6. The summed E-state index contributed by atoms with van der Waals surface area (Å²) in [6.07, 6.45) is -4.81. The second-order valence-electron chi connectivity index (χ2n) is 5.13. The van der Waals surface area contributed by atoms with Gasteiger partial charge in [-0.15, -0.1) is 0 Å². The molecule has 1 amide bonds. The lowest BCUT2D eigenvalue weighted by Gasteiger charge is -2.15. The fourth-order valence-corrected chi connectivity index (χ4v) is 1.92. The van der Waals surface area contributed by atoms with E-state index in [1.807, 2.05) is 0 Å². The van der Waals surface area contributed by atoms with E-state index in [0.29, 0.717) is 18.6 Å². The van der Waals surface area contributed by atoms with Gasteiger partial charge in [0, 0.05) is 12.1 Å². The number of benzene rings is 1. The summed E-state index contributed by atoms with van der Waals surface area (Å²) in [7, 11) is 0. The third kappa shape index (κ3) is 5.71. The topological polar surface area (TPSA) is 49.3 Å². The number of rotatable bonds is 5. The minimum atomic E-state index is -4.71. The maximum atomic E-state index is 13.2. The van der Waals surface area contributed by atoms with Crippen LogP contribution in [0.2, 0.25) is 0 Å². The van der Waals surface area contributed by atoms with E-state index < -0.39 is 29.6 Å². The van der Waals surface area contributed by atoms with Crippen molar-refractivity contribution >= 4 is 5.91 Å². The summed E-state index contributed by atoms with van der Waals surface area (Å²) in [4.78, 5) is 11.8. The third-order valence-corrected chi connectivity index (χ3v) is 2.84. The maximum Gasteiger partial charge on any atom is 0.416 e. The van der Waals surface area contributed by atoms with Gasteiger partial charge in [0.25, 0.3) is 5.91 Å². The Morgan fingerprint density at radius 2 is 1.90 bits per heavy atom. The number of aliphatic hydroxyl groups is 1. The van der Waals surface area contributed by atoms with Gasteiger partial charge in [0.1, 0.15) is 5.82 Å². The molecule has 3 nitrogen and oxygen atoms in total. The predicted molar refractivity (Wildman–Crippen MR) is 69.2 cm³/mol. The van der Waals surface area contributed by atoms with Crippen LogP contribution in [0.3, 0.4) is 0 Å². The highest BCUT2D eigenvalue weighted by Gasteiger charge is 2.32. The molecule has 0 saturated carbocycles. The number of aliphatic hydroxyl groups excluding tert-OH is 1. The van der Waals surface area contributed by atoms with Crippen molar-refractivity contribution < 1.29 is 27.5 Å². The van der Waals surface area contributed by atoms with Crippen LogP contribution in [0.4, 0.5) is 17.6 Å². The number of carbonyl (C=O) groups excluding carboxylic acids is 1. The minimum absolute atomic E-state index is 0.0513. The second-order valence-corrected chi connectivity index (χ2v) is 5.13. The van der Waals surface area contributed by atoms with E-state index in [-0.39, 0.29) is 18.0 Å². The number of nitrogens with one attached hydrogen (secondary N) is 1. The first kappa shape index (κ1) is 17.4. The molecule has 0 bridgehead atoms. The zero-order valence-electron chi connectivity index (χ0n) is 11.7. The van der Waals surface area contributed by atoms with E-state index in [1.54, 1.807) is 13.8 Å². The molecule has 0 aliphatic heterocycles. The van der Waals surface area contributed by atoms with Crippen LogP contribution in [0.5, 0.6) is 0 Å². The lowest BCUT2D eigenvalue weighted by Crippen LogP contribution is -2.29. The molecule has 1 rings (SSSR count). The summed E-state index contributed by atoms with van der Waals surface area (Å²) in [5, 5.41) is 11.6. The van der Waals surface area contributed by atoms with Gasteiger partial charge in [0.2, 0.25) is 0 Å². The van der Waals surface area contributed by atoms with Gasteiger partial charge in [0.05, 0.1) is 11.7 Å². The molecule has 1 aromatic carbocycles. The van der Waals surface area contributed by atoms with Crippen molar-refractivity contribution in [3.8, 4) is 0 Å². The van der Waals surface area contributed by atoms with Gasteiger partial charge in [-0.1, -0.05) is 6.92 Å². The smallest absolute Gasteiger partial charge is 0.393 e. The summed E-state index contributed by atoms with van der Waals surface area (Å²) >= 11 is 0. The summed E-state index contributed by atoms with van der Waals surface area (Å²) in [6.45, 7) is 3.56. The van der Waals surface area contributed by atoms with Crippen LogP contribution in [-0.2, 0) is 6.18 Å². The fourth-order valence-electron chi connectivity index (χ4n) is 1.92. The second kappa shape index (κ2) is 6.89. The molecule has 0 heterocycles. The van der Waals surface area contributed by atoms with E-state index in [4.69, 9.17) is 0 Å². The molecule has 0 aromatic heterocycles. The molecule has 0 aliphatic carbocycles. The molecule has 0 fully saturated rings. The lowest BCUT2D eigenvalue weighted by atomic mass is 10.0. The zero-order valence-corrected chi connectivity index (χ0v) is 11.7. The van der Waals surface area contributed by atoms with Crippen molar-refractivity contribution in [2.75, 3.05) is 6.54 Å². The highest BCUT2D eigenvalue weighted by Crippen LogP contribution is 2.30. The number of hydrogen-bond donors (Lipinski definition) is 2.